The second-order valence-electron chi connectivity index (χ2n) is 12.3. The lowest BCUT2D eigenvalue weighted by atomic mass is 9.96. The van der Waals surface area contributed by atoms with E-state index in [-0.39, 0.29) is 0 Å². The third-order valence-corrected chi connectivity index (χ3v) is 9.60. The maximum Gasteiger partial charge on any atom is 0.101 e. The molecular formula is C45H25N5. The van der Waals surface area contributed by atoms with E-state index in [2.05, 4.69) is 124 Å². The van der Waals surface area contributed by atoms with Gasteiger partial charge in [0.2, 0.25) is 0 Å². The van der Waals surface area contributed by atoms with Gasteiger partial charge in [0.15, 0.2) is 0 Å². The molecule has 0 fully saturated rings. The van der Waals surface area contributed by atoms with Crippen LogP contribution < -0.4 is 0 Å². The van der Waals surface area contributed by atoms with Gasteiger partial charge in [0.25, 0.3) is 0 Å². The van der Waals surface area contributed by atoms with Crippen LogP contribution in [-0.4, -0.2) is 9.13 Å². The molecule has 0 amide bonds. The number of nitriles is 3. The number of aromatic nitrogens is 2. The SMILES string of the molecule is N#Cc1ccc2c(c1)c1ccc(C#N)cc1n2-c1c(C#N)cccc1-c1cccc(-c2cccc(-n3c4ccccc4c4ccccc43)c2)c1. The van der Waals surface area contributed by atoms with E-state index in [0.717, 1.165) is 66.5 Å². The van der Waals surface area contributed by atoms with Crippen molar-refractivity contribution in [3.63, 3.8) is 0 Å². The minimum Gasteiger partial charge on any atom is -0.309 e. The molecule has 0 saturated heterocycles. The van der Waals surface area contributed by atoms with Crippen molar-refractivity contribution in [1.29, 1.82) is 15.8 Å². The molecule has 2 aromatic heterocycles. The molecule has 0 bridgehead atoms. The summed E-state index contributed by atoms with van der Waals surface area (Å²) in [5, 5.41) is 34.2. The maximum absolute atomic E-state index is 10.5. The predicted octanol–water partition coefficient (Wildman–Crippen LogP) is 10.8. The lowest BCUT2D eigenvalue weighted by molar-refractivity contribution is 1.17. The molecule has 0 unspecified atom stereocenters. The standard InChI is InChI=1S/C45H25N5/c46-26-29-19-21-43-40(22-29)39-20-18-30(27-47)23-44(39)50(43)45-34(28-48)11-7-15-36(45)33-10-5-8-31(24-33)32-9-6-12-35(25-32)49-41-16-3-1-13-37(41)38-14-2-4-17-42(38)49/h1-25H. The zero-order chi connectivity index (χ0) is 33.8. The van der Waals surface area contributed by atoms with Gasteiger partial charge in [-0.3, -0.25) is 0 Å². The molecule has 0 N–H and O–H groups in total. The first kappa shape index (κ1) is 28.8. The Balaban J connectivity index is 1.24. The third kappa shape index (κ3) is 4.38. The van der Waals surface area contributed by atoms with Crippen molar-refractivity contribution in [1.82, 2.24) is 9.13 Å². The van der Waals surface area contributed by atoms with Gasteiger partial charge in [0, 0.05) is 32.8 Å². The third-order valence-electron chi connectivity index (χ3n) is 9.60. The van der Waals surface area contributed by atoms with Crippen molar-refractivity contribution in [2.24, 2.45) is 0 Å². The summed E-state index contributed by atoms with van der Waals surface area (Å²) < 4.78 is 4.39. The molecule has 0 aliphatic carbocycles. The second kappa shape index (κ2) is 11.4. The molecular weight excluding hydrogens is 611 g/mol. The summed E-state index contributed by atoms with van der Waals surface area (Å²) in [5.74, 6) is 0. The van der Waals surface area contributed by atoms with E-state index >= 15 is 0 Å². The van der Waals surface area contributed by atoms with Crippen molar-refractivity contribution in [3.8, 4) is 51.8 Å². The minimum absolute atomic E-state index is 0.506. The van der Waals surface area contributed by atoms with E-state index in [9.17, 15) is 15.8 Å². The van der Waals surface area contributed by atoms with E-state index in [1.54, 1.807) is 12.1 Å². The van der Waals surface area contributed by atoms with Gasteiger partial charge in [-0.15, -0.1) is 0 Å². The Labute approximate surface area is 287 Å². The van der Waals surface area contributed by atoms with E-state index in [4.69, 9.17) is 0 Å². The summed E-state index contributed by atoms with van der Waals surface area (Å²) in [7, 11) is 0. The molecule has 0 saturated carbocycles. The summed E-state index contributed by atoms with van der Waals surface area (Å²) >= 11 is 0. The zero-order valence-corrected chi connectivity index (χ0v) is 26.7. The molecule has 50 heavy (non-hydrogen) atoms. The molecule has 230 valence electrons. The molecule has 2 heterocycles. The van der Waals surface area contributed by atoms with Crippen LogP contribution >= 0.6 is 0 Å². The molecule has 7 aromatic carbocycles. The summed E-state index contributed by atoms with van der Waals surface area (Å²) in [6.45, 7) is 0. The monoisotopic (exact) mass is 635 g/mol. The van der Waals surface area contributed by atoms with Crippen LogP contribution in [-0.2, 0) is 0 Å². The summed E-state index contributed by atoms with van der Waals surface area (Å²) in [6.07, 6.45) is 0. The van der Waals surface area contributed by atoms with Crippen LogP contribution in [0.4, 0.5) is 0 Å². The van der Waals surface area contributed by atoms with Gasteiger partial charge in [0.05, 0.1) is 56.6 Å². The number of para-hydroxylation sites is 3. The number of nitrogens with zero attached hydrogens (tertiary/aromatic N) is 5. The Morgan fingerprint density at radius 3 is 1.72 bits per heavy atom. The number of rotatable bonds is 4. The fraction of sp³-hybridized carbons (Fsp3) is 0. The van der Waals surface area contributed by atoms with Gasteiger partial charge in [-0.25, -0.2) is 0 Å². The van der Waals surface area contributed by atoms with Crippen LogP contribution in [0.15, 0.2) is 152 Å². The van der Waals surface area contributed by atoms with Gasteiger partial charge in [-0.2, -0.15) is 15.8 Å². The number of fused-ring (bicyclic) bond motifs is 6. The molecule has 0 aliphatic rings. The van der Waals surface area contributed by atoms with Gasteiger partial charge >= 0.3 is 0 Å². The normalized spacial score (nSPS) is 11.1. The first-order chi connectivity index (χ1) is 24.7. The number of hydrogen-bond acceptors (Lipinski definition) is 3. The van der Waals surface area contributed by atoms with Gasteiger partial charge < -0.3 is 9.13 Å². The summed E-state index contributed by atoms with van der Waals surface area (Å²) in [4.78, 5) is 0. The largest absolute Gasteiger partial charge is 0.309 e. The zero-order valence-electron chi connectivity index (χ0n) is 26.7. The van der Waals surface area contributed by atoms with E-state index in [0.29, 0.717) is 16.7 Å². The molecule has 9 aromatic rings. The fourth-order valence-electron chi connectivity index (χ4n) is 7.40. The highest BCUT2D eigenvalue weighted by Crippen LogP contribution is 2.40. The molecule has 0 atom stereocenters. The Morgan fingerprint density at radius 2 is 0.980 bits per heavy atom. The Kier molecular flexibility index (Phi) is 6.56. The van der Waals surface area contributed by atoms with Crippen LogP contribution in [0.3, 0.4) is 0 Å². The second-order valence-corrected chi connectivity index (χ2v) is 12.3. The Bertz CT molecular complexity index is 2920. The first-order valence-corrected chi connectivity index (χ1v) is 16.3. The van der Waals surface area contributed by atoms with Crippen LogP contribution in [0.5, 0.6) is 0 Å². The van der Waals surface area contributed by atoms with Crippen LogP contribution in [0.1, 0.15) is 16.7 Å². The van der Waals surface area contributed by atoms with E-state index in [1.165, 1.54) is 10.8 Å². The van der Waals surface area contributed by atoms with Crippen molar-refractivity contribution in [2.75, 3.05) is 0 Å². The average Bonchev–Trinajstić information content (AvgIpc) is 3.69. The topological polar surface area (TPSA) is 81.2 Å². The quantitative estimate of drug-likeness (QED) is 0.193. The highest BCUT2D eigenvalue weighted by molar-refractivity contribution is 6.11. The number of hydrogen-bond donors (Lipinski definition) is 0. The highest BCUT2D eigenvalue weighted by Gasteiger charge is 2.20. The molecule has 0 radical (unpaired) electrons. The van der Waals surface area contributed by atoms with Gasteiger partial charge in [-0.1, -0.05) is 84.9 Å². The van der Waals surface area contributed by atoms with Crippen molar-refractivity contribution in [3.05, 3.63) is 168 Å². The molecule has 0 spiro atoms. The van der Waals surface area contributed by atoms with Crippen LogP contribution in [0.25, 0.3) is 77.2 Å². The Morgan fingerprint density at radius 1 is 0.380 bits per heavy atom. The fourth-order valence-corrected chi connectivity index (χ4v) is 7.40. The van der Waals surface area contributed by atoms with Gasteiger partial charge in [-0.05, 0) is 83.4 Å². The van der Waals surface area contributed by atoms with Crippen LogP contribution in [0.2, 0.25) is 0 Å². The summed E-state index contributed by atoms with van der Waals surface area (Å²) in [6, 6.07) is 57.9. The van der Waals surface area contributed by atoms with Crippen molar-refractivity contribution >= 4 is 43.6 Å². The average molecular weight is 636 g/mol. The lowest BCUT2D eigenvalue weighted by Gasteiger charge is -2.17. The predicted molar refractivity (Wildman–Crippen MR) is 200 cm³/mol. The molecule has 5 heteroatoms. The minimum atomic E-state index is 0.506. The molecule has 9 rings (SSSR count). The first-order valence-electron chi connectivity index (χ1n) is 16.3. The maximum atomic E-state index is 10.5. The van der Waals surface area contributed by atoms with Crippen LogP contribution in [0, 0.1) is 34.0 Å². The summed E-state index contributed by atoms with van der Waals surface area (Å²) in [5.41, 5.74) is 11.3. The smallest absolute Gasteiger partial charge is 0.101 e. The Hall–Kier alpha value is -7.39. The lowest BCUT2D eigenvalue weighted by Crippen LogP contribution is -2.01. The molecule has 0 aliphatic heterocycles. The van der Waals surface area contributed by atoms with Crippen molar-refractivity contribution < 1.29 is 0 Å². The highest BCUT2D eigenvalue weighted by atomic mass is 15.0. The van der Waals surface area contributed by atoms with Crippen molar-refractivity contribution in [2.45, 2.75) is 0 Å². The number of benzene rings is 7. The van der Waals surface area contributed by atoms with E-state index in [1.807, 2.05) is 42.5 Å². The molecule has 5 nitrogen and oxygen atoms in total. The van der Waals surface area contributed by atoms with Gasteiger partial charge in [0.1, 0.15) is 6.07 Å². The van der Waals surface area contributed by atoms with E-state index < -0.39 is 0 Å².